The van der Waals surface area contributed by atoms with E-state index < -0.39 is 0 Å². The molecule has 5 nitrogen and oxygen atoms in total. The summed E-state index contributed by atoms with van der Waals surface area (Å²) in [4.78, 5) is 0. The van der Waals surface area contributed by atoms with Gasteiger partial charge in [-0.15, -0.1) is 0 Å². The predicted molar refractivity (Wildman–Crippen MR) is 91.3 cm³/mol. The smallest absolute Gasteiger partial charge is 0.231 e. The number of hydrogen-bond donors (Lipinski definition) is 1. The zero-order chi connectivity index (χ0) is 15.3. The standard InChI is InChI=1S/C17H15ClN3O.H2O/c1-11-10-13(18)7-9-14(11)21-17(22)16-8-6-12-4-2-3-5-15(12)20(16)19-21;/h2-5,7,9-10,22H,6,8H2,1H3;1H2. The number of para-hydroxylation sites is 1. The molecule has 3 N–H and O–H groups in total. The highest BCUT2D eigenvalue weighted by atomic mass is 35.5. The third-order valence-electron chi connectivity index (χ3n) is 4.13. The van der Waals surface area contributed by atoms with Crippen LogP contribution in [-0.2, 0) is 6.42 Å². The highest BCUT2D eigenvalue weighted by Gasteiger charge is 2.36. The molecule has 0 aromatic heterocycles. The molecule has 0 saturated heterocycles. The van der Waals surface area contributed by atoms with Gasteiger partial charge in [-0.1, -0.05) is 29.8 Å². The number of nitrogens with zero attached hydrogens (tertiary/aromatic N) is 3. The molecule has 0 saturated carbocycles. The van der Waals surface area contributed by atoms with Crippen LogP contribution in [0.15, 0.2) is 54.0 Å². The van der Waals surface area contributed by atoms with Gasteiger partial charge in [0.1, 0.15) is 5.70 Å². The minimum absolute atomic E-state index is 0. The lowest BCUT2D eigenvalue weighted by molar-refractivity contribution is 0.385. The number of aliphatic hydroxyl groups excluding tert-OH is 1. The van der Waals surface area contributed by atoms with Gasteiger partial charge in [0.15, 0.2) is 0 Å². The van der Waals surface area contributed by atoms with E-state index in [9.17, 15) is 5.11 Å². The minimum Gasteiger partial charge on any atom is -0.492 e. The molecule has 2 aliphatic rings. The van der Waals surface area contributed by atoms with Crippen molar-refractivity contribution in [2.24, 2.45) is 0 Å². The quantitative estimate of drug-likeness (QED) is 0.872. The number of rotatable bonds is 1. The average molecular weight is 331 g/mol. The normalized spacial score (nSPS) is 16.1. The summed E-state index contributed by atoms with van der Waals surface area (Å²) in [6.45, 7) is 1.96. The molecule has 0 atom stereocenters. The van der Waals surface area contributed by atoms with Gasteiger partial charge in [0.2, 0.25) is 5.88 Å². The van der Waals surface area contributed by atoms with Gasteiger partial charge < -0.3 is 10.6 Å². The molecule has 6 heteroatoms. The summed E-state index contributed by atoms with van der Waals surface area (Å²) in [5, 5.41) is 14.7. The van der Waals surface area contributed by atoms with E-state index in [2.05, 4.69) is 11.6 Å². The van der Waals surface area contributed by atoms with Crippen LogP contribution in [0.3, 0.4) is 0 Å². The lowest BCUT2D eigenvalue weighted by atomic mass is 10.0. The van der Waals surface area contributed by atoms with Gasteiger partial charge in [0.05, 0.1) is 11.4 Å². The Hall–Kier alpha value is -2.21. The Balaban J connectivity index is 0.00000156. The van der Waals surface area contributed by atoms with Crippen molar-refractivity contribution >= 4 is 23.0 Å². The van der Waals surface area contributed by atoms with Crippen molar-refractivity contribution in [3.8, 4) is 0 Å². The number of benzene rings is 2. The third-order valence-corrected chi connectivity index (χ3v) is 4.37. The summed E-state index contributed by atoms with van der Waals surface area (Å²) >= 11 is 6.01. The maximum absolute atomic E-state index is 10.6. The maximum atomic E-state index is 10.6. The molecule has 0 aliphatic carbocycles. The van der Waals surface area contributed by atoms with Crippen LogP contribution in [0.5, 0.6) is 0 Å². The van der Waals surface area contributed by atoms with Crippen molar-refractivity contribution in [1.82, 2.24) is 5.53 Å². The Morgan fingerprint density at radius 2 is 1.83 bits per heavy atom. The van der Waals surface area contributed by atoms with Gasteiger partial charge in [-0.3, -0.25) is 0 Å². The summed E-state index contributed by atoms with van der Waals surface area (Å²) in [6.07, 6.45) is 1.69. The first-order chi connectivity index (χ1) is 10.6. The highest BCUT2D eigenvalue weighted by Crippen LogP contribution is 2.39. The fraction of sp³-hybridized carbons (Fsp3) is 0.176. The van der Waals surface area contributed by atoms with Crippen molar-refractivity contribution in [3.63, 3.8) is 0 Å². The molecule has 0 spiro atoms. The zero-order valence-corrected chi connectivity index (χ0v) is 13.4. The second-order valence-electron chi connectivity index (χ2n) is 5.54. The topological polar surface area (TPSA) is 72.3 Å². The van der Waals surface area contributed by atoms with E-state index in [1.165, 1.54) is 5.56 Å². The maximum Gasteiger partial charge on any atom is 0.231 e. The van der Waals surface area contributed by atoms with Crippen LogP contribution in [0.2, 0.25) is 5.02 Å². The van der Waals surface area contributed by atoms with Crippen molar-refractivity contribution in [2.75, 3.05) is 10.0 Å². The van der Waals surface area contributed by atoms with Crippen molar-refractivity contribution in [3.05, 3.63) is 70.2 Å². The Morgan fingerprint density at radius 3 is 2.61 bits per heavy atom. The van der Waals surface area contributed by atoms with Crippen molar-refractivity contribution in [1.29, 1.82) is 0 Å². The second kappa shape index (κ2) is 5.77. The Bertz CT molecular complexity index is 791. The van der Waals surface area contributed by atoms with E-state index in [-0.39, 0.29) is 11.4 Å². The first-order valence-corrected chi connectivity index (χ1v) is 7.61. The fourth-order valence-electron chi connectivity index (χ4n) is 3.01. The van der Waals surface area contributed by atoms with Crippen LogP contribution in [0, 0.1) is 6.92 Å². The molecule has 0 unspecified atom stereocenters. The van der Waals surface area contributed by atoms with E-state index in [1.807, 2.05) is 48.3 Å². The van der Waals surface area contributed by atoms with E-state index in [4.69, 9.17) is 11.6 Å². The van der Waals surface area contributed by atoms with Crippen LogP contribution in [0.1, 0.15) is 17.5 Å². The second-order valence-corrected chi connectivity index (χ2v) is 5.98. The molecule has 4 rings (SSSR count). The first-order valence-electron chi connectivity index (χ1n) is 7.23. The summed E-state index contributed by atoms with van der Waals surface area (Å²) in [5.74, 6) is 0.194. The number of halogens is 1. The monoisotopic (exact) mass is 330 g/mol. The molecule has 0 fully saturated rings. The molecular formula is C17H17ClN3O2. The van der Waals surface area contributed by atoms with Gasteiger partial charge in [-0.05, 0) is 60.7 Å². The number of aryl methyl sites for hydroxylation is 2. The molecule has 1 radical (unpaired) electrons. The van der Waals surface area contributed by atoms with Crippen LogP contribution in [0.4, 0.5) is 11.4 Å². The largest absolute Gasteiger partial charge is 0.492 e. The number of hydrogen-bond acceptors (Lipinski definition) is 3. The molecule has 119 valence electrons. The lowest BCUT2D eigenvalue weighted by Crippen LogP contribution is -2.36. The average Bonchev–Trinajstić information content (AvgIpc) is 2.85. The molecule has 23 heavy (non-hydrogen) atoms. The molecular weight excluding hydrogens is 314 g/mol. The van der Waals surface area contributed by atoms with Gasteiger partial charge >= 0.3 is 0 Å². The summed E-state index contributed by atoms with van der Waals surface area (Å²) < 4.78 is 0. The highest BCUT2D eigenvalue weighted by molar-refractivity contribution is 6.30. The Kier molecular flexibility index (Phi) is 3.93. The van der Waals surface area contributed by atoms with E-state index in [0.29, 0.717) is 5.02 Å². The van der Waals surface area contributed by atoms with E-state index >= 15 is 0 Å². The molecule has 2 aromatic carbocycles. The zero-order valence-electron chi connectivity index (χ0n) is 12.6. The van der Waals surface area contributed by atoms with Crippen molar-refractivity contribution in [2.45, 2.75) is 19.8 Å². The molecule has 0 bridgehead atoms. The molecule has 2 aliphatic heterocycles. The van der Waals surface area contributed by atoms with Crippen LogP contribution in [-0.4, -0.2) is 10.6 Å². The van der Waals surface area contributed by atoms with Gasteiger partial charge in [-0.25, -0.2) is 10.0 Å². The fourth-order valence-corrected chi connectivity index (χ4v) is 3.24. The number of fused-ring (bicyclic) bond motifs is 3. The Labute approximate surface area is 139 Å². The van der Waals surface area contributed by atoms with E-state index in [0.717, 1.165) is 35.5 Å². The van der Waals surface area contributed by atoms with Gasteiger partial charge in [0, 0.05) is 5.02 Å². The summed E-state index contributed by atoms with van der Waals surface area (Å²) in [5.41, 5.74) is 9.52. The SMILES string of the molecule is Cc1cc(Cl)ccc1N1[N]N2C(=C1O)CCc1ccccc12.O. The number of anilines is 2. The van der Waals surface area contributed by atoms with Crippen LogP contribution in [0.25, 0.3) is 0 Å². The first kappa shape index (κ1) is 15.7. The molecule has 2 aromatic rings. The summed E-state index contributed by atoms with van der Waals surface area (Å²) in [7, 11) is 0. The molecule has 0 amide bonds. The summed E-state index contributed by atoms with van der Waals surface area (Å²) in [6, 6.07) is 13.7. The lowest BCUT2D eigenvalue weighted by Gasteiger charge is -2.27. The minimum atomic E-state index is 0. The third kappa shape index (κ3) is 2.43. The van der Waals surface area contributed by atoms with E-state index in [1.54, 1.807) is 5.01 Å². The molecule has 2 heterocycles. The Morgan fingerprint density at radius 1 is 1.04 bits per heavy atom. The van der Waals surface area contributed by atoms with Gasteiger partial charge in [-0.2, -0.15) is 0 Å². The van der Waals surface area contributed by atoms with Crippen LogP contribution >= 0.6 is 11.6 Å². The van der Waals surface area contributed by atoms with Gasteiger partial charge in [0.25, 0.3) is 0 Å². The number of aliphatic hydroxyl groups is 1. The van der Waals surface area contributed by atoms with Crippen LogP contribution < -0.4 is 15.6 Å². The van der Waals surface area contributed by atoms with Crippen molar-refractivity contribution < 1.29 is 10.6 Å². The number of allylic oxidation sites excluding steroid dienone is 1. The predicted octanol–water partition coefficient (Wildman–Crippen LogP) is 3.26.